The Morgan fingerprint density at radius 1 is 0.833 bits per heavy atom. The minimum Gasteiger partial charge on any atom is -0.456 e. The number of rotatable bonds is 2. The first-order valence-corrected chi connectivity index (χ1v) is 6.36. The molecule has 2 aromatic rings. The van der Waals surface area contributed by atoms with E-state index < -0.39 is 0 Å². The van der Waals surface area contributed by atoms with Crippen LogP contribution in [0.4, 0.5) is 5.69 Å². The zero-order valence-corrected chi connectivity index (χ0v) is 11.9. The average Bonchev–Trinajstić information content (AvgIpc) is 2.36. The number of anilines is 1. The summed E-state index contributed by atoms with van der Waals surface area (Å²) in [5, 5.41) is 0.851. The van der Waals surface area contributed by atoms with Crippen LogP contribution in [-0.4, -0.2) is 0 Å². The minimum absolute atomic E-state index is 0.163. The van der Waals surface area contributed by atoms with Crippen LogP contribution < -0.4 is 10.5 Å². The molecule has 0 saturated carbocycles. The maximum Gasteiger partial charge on any atom is 0.149 e. The maximum atomic E-state index is 6.03. The van der Waals surface area contributed by atoms with Gasteiger partial charge in [-0.05, 0) is 24.3 Å². The minimum atomic E-state index is 0.163. The van der Waals surface area contributed by atoms with E-state index in [1.165, 1.54) is 6.07 Å². The molecule has 0 radical (unpaired) electrons. The van der Waals surface area contributed by atoms with Gasteiger partial charge < -0.3 is 10.5 Å². The molecule has 0 aromatic heterocycles. The van der Waals surface area contributed by atoms with Crippen molar-refractivity contribution in [2.24, 2.45) is 0 Å². The molecule has 0 heterocycles. The Kier molecular flexibility index (Phi) is 4.13. The van der Waals surface area contributed by atoms with Gasteiger partial charge in [0.1, 0.15) is 16.5 Å². The molecule has 2 aromatic carbocycles. The van der Waals surface area contributed by atoms with Crippen molar-refractivity contribution in [3.05, 3.63) is 50.4 Å². The number of halogens is 4. The molecule has 0 spiro atoms. The van der Waals surface area contributed by atoms with E-state index in [2.05, 4.69) is 0 Å². The highest BCUT2D eigenvalue weighted by atomic mass is 35.5. The third-order valence-electron chi connectivity index (χ3n) is 2.18. The van der Waals surface area contributed by atoms with Crippen LogP contribution in [0.2, 0.25) is 20.1 Å². The van der Waals surface area contributed by atoms with Crippen molar-refractivity contribution >= 4 is 52.1 Å². The van der Waals surface area contributed by atoms with Gasteiger partial charge >= 0.3 is 0 Å². The van der Waals surface area contributed by atoms with Crippen LogP contribution in [0.1, 0.15) is 0 Å². The van der Waals surface area contributed by atoms with Gasteiger partial charge in [-0.15, -0.1) is 0 Å². The Morgan fingerprint density at radius 3 is 2.06 bits per heavy atom. The monoisotopic (exact) mass is 321 g/mol. The molecular weight excluding hydrogens is 316 g/mol. The van der Waals surface area contributed by atoms with Gasteiger partial charge in [-0.3, -0.25) is 0 Å². The second-order valence-corrected chi connectivity index (χ2v) is 5.01. The first-order valence-electron chi connectivity index (χ1n) is 4.85. The highest BCUT2D eigenvalue weighted by Crippen LogP contribution is 2.43. The lowest BCUT2D eigenvalue weighted by Gasteiger charge is -2.10. The number of ether oxygens (including phenoxy) is 1. The van der Waals surface area contributed by atoms with Crippen molar-refractivity contribution in [3.63, 3.8) is 0 Å². The molecule has 2 rings (SSSR count). The molecule has 0 aliphatic heterocycles. The highest BCUT2D eigenvalue weighted by molar-refractivity contribution is 6.52. The predicted octanol–water partition coefficient (Wildman–Crippen LogP) is 5.67. The third-order valence-corrected chi connectivity index (χ3v) is 3.91. The summed E-state index contributed by atoms with van der Waals surface area (Å²) in [6.45, 7) is 0. The third kappa shape index (κ3) is 2.78. The lowest BCUT2D eigenvalue weighted by molar-refractivity contribution is 0.483. The Hall–Kier alpha value is -0.800. The van der Waals surface area contributed by atoms with E-state index in [1.807, 2.05) is 0 Å². The van der Waals surface area contributed by atoms with Gasteiger partial charge in [0.25, 0.3) is 0 Å². The molecule has 0 amide bonds. The summed E-state index contributed by atoms with van der Waals surface area (Å²) in [6, 6.07) is 8.35. The molecule has 0 saturated heterocycles. The summed E-state index contributed by atoms with van der Waals surface area (Å²) < 4.78 is 5.57. The predicted molar refractivity (Wildman–Crippen MR) is 77.4 cm³/mol. The SMILES string of the molecule is Nc1ccc(Oc2cc(Cl)c(Cl)c(Cl)c2Cl)cc1. The number of hydrogen-bond acceptors (Lipinski definition) is 2. The topological polar surface area (TPSA) is 35.2 Å². The Balaban J connectivity index is 2.38. The average molecular weight is 323 g/mol. The number of benzene rings is 2. The summed E-state index contributed by atoms with van der Waals surface area (Å²) in [7, 11) is 0. The lowest BCUT2D eigenvalue weighted by atomic mass is 10.3. The Morgan fingerprint density at radius 2 is 1.44 bits per heavy atom. The number of hydrogen-bond donors (Lipinski definition) is 1. The van der Waals surface area contributed by atoms with E-state index in [0.29, 0.717) is 17.2 Å². The van der Waals surface area contributed by atoms with Crippen LogP contribution in [0, 0.1) is 0 Å². The second-order valence-electron chi connectivity index (χ2n) is 3.47. The molecule has 94 valence electrons. The molecule has 2 N–H and O–H groups in total. The van der Waals surface area contributed by atoms with Gasteiger partial charge in [0, 0.05) is 11.8 Å². The maximum absolute atomic E-state index is 6.03. The van der Waals surface area contributed by atoms with Crippen molar-refractivity contribution in [2.75, 3.05) is 5.73 Å². The van der Waals surface area contributed by atoms with Crippen LogP contribution in [-0.2, 0) is 0 Å². The summed E-state index contributed by atoms with van der Waals surface area (Å²) in [5.41, 5.74) is 6.22. The van der Waals surface area contributed by atoms with Crippen molar-refractivity contribution in [2.45, 2.75) is 0 Å². The van der Waals surface area contributed by atoms with Crippen molar-refractivity contribution in [3.8, 4) is 11.5 Å². The highest BCUT2D eigenvalue weighted by Gasteiger charge is 2.14. The lowest BCUT2D eigenvalue weighted by Crippen LogP contribution is -1.88. The van der Waals surface area contributed by atoms with Gasteiger partial charge in [0.05, 0.1) is 15.1 Å². The van der Waals surface area contributed by atoms with Crippen LogP contribution in [0.5, 0.6) is 11.5 Å². The molecule has 2 nitrogen and oxygen atoms in total. The molecule has 18 heavy (non-hydrogen) atoms. The first kappa shape index (κ1) is 13.6. The molecule has 6 heteroatoms. The van der Waals surface area contributed by atoms with Crippen LogP contribution in [0.15, 0.2) is 30.3 Å². The fourth-order valence-corrected chi connectivity index (χ4v) is 2.11. The van der Waals surface area contributed by atoms with Gasteiger partial charge in [0.2, 0.25) is 0 Å². The zero-order chi connectivity index (χ0) is 13.3. The Labute approximate surface area is 124 Å². The summed E-state index contributed by atoms with van der Waals surface area (Å²) in [5.74, 6) is 0.904. The number of nitrogen functional groups attached to an aromatic ring is 1. The first-order chi connectivity index (χ1) is 8.49. The zero-order valence-electron chi connectivity index (χ0n) is 8.88. The van der Waals surface area contributed by atoms with Crippen LogP contribution in [0.3, 0.4) is 0 Å². The smallest absolute Gasteiger partial charge is 0.149 e. The van der Waals surface area contributed by atoms with E-state index in [0.717, 1.165) is 0 Å². The molecular formula is C12H7Cl4NO. The fourth-order valence-electron chi connectivity index (χ4n) is 1.29. The van der Waals surface area contributed by atoms with Gasteiger partial charge in [-0.2, -0.15) is 0 Å². The summed E-state index contributed by atoms with van der Waals surface area (Å²) in [4.78, 5) is 0. The van der Waals surface area contributed by atoms with E-state index in [4.69, 9.17) is 56.9 Å². The van der Waals surface area contributed by atoms with Crippen molar-refractivity contribution in [1.29, 1.82) is 0 Å². The van der Waals surface area contributed by atoms with Gasteiger partial charge in [0.15, 0.2) is 0 Å². The second kappa shape index (κ2) is 5.45. The largest absolute Gasteiger partial charge is 0.456 e. The van der Waals surface area contributed by atoms with E-state index >= 15 is 0 Å². The molecule has 0 aliphatic rings. The normalized spacial score (nSPS) is 10.4. The molecule has 0 atom stereocenters. The van der Waals surface area contributed by atoms with Crippen LogP contribution >= 0.6 is 46.4 Å². The van der Waals surface area contributed by atoms with E-state index in [1.54, 1.807) is 24.3 Å². The molecule has 0 fully saturated rings. The molecule has 0 unspecified atom stereocenters. The van der Waals surface area contributed by atoms with Gasteiger partial charge in [-0.1, -0.05) is 46.4 Å². The summed E-state index contributed by atoms with van der Waals surface area (Å²) >= 11 is 23.7. The molecule has 0 bridgehead atoms. The quantitative estimate of drug-likeness (QED) is 0.439. The standard InChI is InChI=1S/C12H7Cl4NO/c13-8-5-9(11(15)12(16)10(8)14)18-7-3-1-6(17)2-4-7/h1-5H,17H2. The van der Waals surface area contributed by atoms with E-state index in [-0.39, 0.29) is 20.1 Å². The van der Waals surface area contributed by atoms with E-state index in [9.17, 15) is 0 Å². The van der Waals surface area contributed by atoms with Gasteiger partial charge in [-0.25, -0.2) is 0 Å². The molecule has 0 aliphatic carbocycles. The van der Waals surface area contributed by atoms with Crippen LogP contribution in [0.25, 0.3) is 0 Å². The number of nitrogens with two attached hydrogens (primary N) is 1. The van der Waals surface area contributed by atoms with Crippen molar-refractivity contribution in [1.82, 2.24) is 0 Å². The Bertz CT molecular complexity index is 584. The van der Waals surface area contributed by atoms with Crippen molar-refractivity contribution < 1.29 is 4.74 Å². The fraction of sp³-hybridized carbons (Fsp3) is 0. The summed E-state index contributed by atoms with van der Waals surface area (Å²) in [6.07, 6.45) is 0.